The van der Waals surface area contributed by atoms with Crippen molar-refractivity contribution in [2.45, 2.75) is 13.8 Å². The number of H-pyrrole nitrogens is 1. The van der Waals surface area contributed by atoms with E-state index in [1.807, 2.05) is 30.3 Å². The van der Waals surface area contributed by atoms with Crippen LogP contribution in [0.5, 0.6) is 0 Å². The molecule has 0 saturated carbocycles. The molecule has 0 saturated heterocycles. The molecule has 0 atom stereocenters. The number of hydrogen-bond donors (Lipinski definition) is 1. The maximum absolute atomic E-state index is 11.3. The van der Waals surface area contributed by atoms with Crippen molar-refractivity contribution in [3.63, 3.8) is 0 Å². The number of ketones is 1. The molecule has 3 aromatic rings. The van der Waals surface area contributed by atoms with Crippen LogP contribution in [-0.2, 0) is 0 Å². The van der Waals surface area contributed by atoms with Gasteiger partial charge in [-0.1, -0.05) is 35.9 Å². The van der Waals surface area contributed by atoms with E-state index < -0.39 is 0 Å². The second kappa shape index (κ2) is 4.35. The number of rotatable bonds is 2. The zero-order valence-corrected chi connectivity index (χ0v) is 10.9. The molecular weight excluding hydrogens is 236 g/mol. The van der Waals surface area contributed by atoms with Gasteiger partial charge >= 0.3 is 0 Å². The highest BCUT2D eigenvalue weighted by molar-refractivity contribution is 5.96. The van der Waals surface area contributed by atoms with Gasteiger partial charge in [0, 0.05) is 16.5 Å². The van der Waals surface area contributed by atoms with Crippen LogP contribution >= 0.6 is 0 Å². The van der Waals surface area contributed by atoms with Crippen LogP contribution in [0.4, 0.5) is 0 Å². The van der Waals surface area contributed by atoms with Crippen molar-refractivity contribution in [1.29, 1.82) is 0 Å². The minimum absolute atomic E-state index is 0.0780. The Balaban J connectivity index is 2.13. The number of aryl methyl sites for hydroxylation is 1. The lowest BCUT2D eigenvalue weighted by atomic mass is 10.0. The fourth-order valence-corrected chi connectivity index (χ4v) is 2.21. The highest BCUT2D eigenvalue weighted by Crippen LogP contribution is 2.27. The van der Waals surface area contributed by atoms with Gasteiger partial charge in [-0.2, -0.15) is 5.10 Å². The first-order valence-corrected chi connectivity index (χ1v) is 6.21. The van der Waals surface area contributed by atoms with Crippen LogP contribution in [-0.4, -0.2) is 16.0 Å². The summed E-state index contributed by atoms with van der Waals surface area (Å²) < 4.78 is 0. The fourth-order valence-electron chi connectivity index (χ4n) is 2.21. The standard InChI is InChI=1S/C16H14N2O/c1-10-3-8-15-14(9-10)16(18-17-15)13-6-4-12(5-7-13)11(2)19/h3-9H,1-2H3,(H,17,18). The maximum atomic E-state index is 11.3. The SMILES string of the molecule is CC(=O)c1ccc(-c2n[nH]c3ccc(C)cc23)cc1. The Kier molecular flexibility index (Phi) is 2.67. The summed E-state index contributed by atoms with van der Waals surface area (Å²) in [5.41, 5.74) is 4.89. The van der Waals surface area contributed by atoms with Crippen molar-refractivity contribution >= 4 is 16.7 Å². The number of fused-ring (bicyclic) bond motifs is 1. The third kappa shape index (κ3) is 2.03. The van der Waals surface area contributed by atoms with Crippen LogP contribution in [0.25, 0.3) is 22.2 Å². The fraction of sp³-hybridized carbons (Fsp3) is 0.125. The van der Waals surface area contributed by atoms with E-state index in [0.29, 0.717) is 0 Å². The molecule has 0 aliphatic rings. The highest BCUT2D eigenvalue weighted by atomic mass is 16.1. The Bertz CT molecular complexity index is 754. The lowest BCUT2D eigenvalue weighted by molar-refractivity contribution is 0.101. The number of Topliss-reactive ketones (excluding diaryl/α,β-unsaturated/α-hetero) is 1. The van der Waals surface area contributed by atoms with Crippen LogP contribution in [0, 0.1) is 6.92 Å². The molecule has 3 rings (SSSR count). The van der Waals surface area contributed by atoms with Gasteiger partial charge in [0.1, 0.15) is 0 Å². The lowest BCUT2D eigenvalue weighted by Gasteiger charge is -2.00. The van der Waals surface area contributed by atoms with E-state index >= 15 is 0 Å². The van der Waals surface area contributed by atoms with Gasteiger partial charge in [0.2, 0.25) is 0 Å². The Hall–Kier alpha value is -2.42. The topological polar surface area (TPSA) is 45.8 Å². The van der Waals surface area contributed by atoms with Crippen molar-refractivity contribution in [2.75, 3.05) is 0 Å². The second-order valence-corrected chi connectivity index (χ2v) is 4.75. The van der Waals surface area contributed by atoms with E-state index in [4.69, 9.17) is 0 Å². The van der Waals surface area contributed by atoms with Gasteiger partial charge in [0.05, 0.1) is 11.2 Å². The number of carbonyl (C=O) groups is 1. The van der Waals surface area contributed by atoms with Crippen LogP contribution in [0.15, 0.2) is 42.5 Å². The Morgan fingerprint density at radius 2 is 1.84 bits per heavy atom. The molecule has 0 aliphatic heterocycles. The molecular formula is C16H14N2O. The highest BCUT2D eigenvalue weighted by Gasteiger charge is 2.08. The van der Waals surface area contributed by atoms with Crippen molar-refractivity contribution in [1.82, 2.24) is 10.2 Å². The minimum Gasteiger partial charge on any atom is -0.295 e. The molecule has 0 aliphatic carbocycles. The van der Waals surface area contributed by atoms with Crippen molar-refractivity contribution in [3.8, 4) is 11.3 Å². The predicted molar refractivity (Wildman–Crippen MR) is 76.3 cm³/mol. The van der Waals surface area contributed by atoms with Crippen molar-refractivity contribution in [2.24, 2.45) is 0 Å². The summed E-state index contributed by atoms with van der Waals surface area (Å²) in [5.74, 6) is 0.0780. The number of aromatic amines is 1. The summed E-state index contributed by atoms with van der Waals surface area (Å²) in [6.45, 7) is 3.64. The molecule has 3 nitrogen and oxygen atoms in total. The van der Waals surface area contributed by atoms with E-state index in [2.05, 4.69) is 29.3 Å². The molecule has 1 aromatic heterocycles. The Morgan fingerprint density at radius 1 is 1.11 bits per heavy atom. The summed E-state index contributed by atoms with van der Waals surface area (Å²) in [6.07, 6.45) is 0. The number of nitrogens with zero attached hydrogens (tertiary/aromatic N) is 1. The molecule has 94 valence electrons. The monoisotopic (exact) mass is 250 g/mol. The number of aromatic nitrogens is 2. The summed E-state index contributed by atoms with van der Waals surface area (Å²) in [4.78, 5) is 11.3. The van der Waals surface area contributed by atoms with Gasteiger partial charge in [-0.25, -0.2) is 0 Å². The first kappa shape index (κ1) is 11.7. The lowest BCUT2D eigenvalue weighted by Crippen LogP contribution is -1.91. The Labute approximate surface area is 111 Å². The first-order valence-electron chi connectivity index (χ1n) is 6.21. The summed E-state index contributed by atoms with van der Waals surface area (Å²) >= 11 is 0. The van der Waals surface area contributed by atoms with Gasteiger partial charge in [0.25, 0.3) is 0 Å². The zero-order chi connectivity index (χ0) is 13.4. The predicted octanol–water partition coefficient (Wildman–Crippen LogP) is 3.74. The van der Waals surface area contributed by atoms with E-state index in [-0.39, 0.29) is 5.78 Å². The molecule has 19 heavy (non-hydrogen) atoms. The van der Waals surface area contributed by atoms with E-state index in [1.165, 1.54) is 5.56 Å². The van der Waals surface area contributed by atoms with Crippen LogP contribution in [0.1, 0.15) is 22.8 Å². The Morgan fingerprint density at radius 3 is 2.53 bits per heavy atom. The largest absolute Gasteiger partial charge is 0.295 e. The molecule has 0 fully saturated rings. The second-order valence-electron chi connectivity index (χ2n) is 4.75. The molecule has 0 spiro atoms. The van der Waals surface area contributed by atoms with E-state index in [9.17, 15) is 4.79 Å². The molecule has 0 unspecified atom stereocenters. The molecule has 3 heteroatoms. The quantitative estimate of drug-likeness (QED) is 0.704. The number of carbonyl (C=O) groups excluding carboxylic acids is 1. The maximum Gasteiger partial charge on any atom is 0.159 e. The molecule has 2 aromatic carbocycles. The number of nitrogens with one attached hydrogen (secondary N) is 1. The van der Waals surface area contributed by atoms with Crippen molar-refractivity contribution < 1.29 is 4.79 Å². The summed E-state index contributed by atoms with van der Waals surface area (Å²) in [5, 5.41) is 8.51. The molecule has 0 radical (unpaired) electrons. The van der Waals surface area contributed by atoms with Gasteiger partial charge in [0.15, 0.2) is 5.78 Å². The number of hydrogen-bond acceptors (Lipinski definition) is 2. The van der Waals surface area contributed by atoms with Gasteiger partial charge in [-0.15, -0.1) is 0 Å². The molecule has 0 amide bonds. The van der Waals surface area contributed by atoms with Crippen molar-refractivity contribution in [3.05, 3.63) is 53.6 Å². The summed E-state index contributed by atoms with van der Waals surface area (Å²) in [7, 11) is 0. The number of benzene rings is 2. The third-order valence-electron chi connectivity index (χ3n) is 3.28. The molecule has 1 N–H and O–H groups in total. The molecule has 1 heterocycles. The zero-order valence-electron chi connectivity index (χ0n) is 10.9. The van der Waals surface area contributed by atoms with Gasteiger partial charge in [-0.3, -0.25) is 9.89 Å². The average molecular weight is 250 g/mol. The molecule has 0 bridgehead atoms. The van der Waals surface area contributed by atoms with Crippen LogP contribution < -0.4 is 0 Å². The van der Waals surface area contributed by atoms with Crippen LogP contribution in [0.3, 0.4) is 0 Å². The minimum atomic E-state index is 0.0780. The van der Waals surface area contributed by atoms with Gasteiger partial charge < -0.3 is 0 Å². The van der Waals surface area contributed by atoms with E-state index in [1.54, 1.807) is 6.92 Å². The van der Waals surface area contributed by atoms with Crippen LogP contribution in [0.2, 0.25) is 0 Å². The van der Waals surface area contributed by atoms with Gasteiger partial charge in [-0.05, 0) is 26.0 Å². The van der Waals surface area contributed by atoms with E-state index in [0.717, 1.165) is 27.7 Å². The average Bonchev–Trinajstić information content (AvgIpc) is 2.81. The first-order chi connectivity index (χ1) is 9.15. The third-order valence-corrected chi connectivity index (χ3v) is 3.28. The summed E-state index contributed by atoms with van der Waals surface area (Å²) in [6, 6.07) is 13.8. The normalized spacial score (nSPS) is 10.8. The smallest absolute Gasteiger partial charge is 0.159 e.